The third-order valence-electron chi connectivity index (χ3n) is 3.53. The van der Waals surface area contributed by atoms with Gasteiger partial charge in [-0.05, 0) is 31.9 Å². The minimum atomic E-state index is -0.584. The van der Waals surface area contributed by atoms with Gasteiger partial charge in [0.15, 0.2) is 0 Å². The van der Waals surface area contributed by atoms with E-state index in [0.29, 0.717) is 18.0 Å². The molecule has 2 rings (SSSR count). The van der Waals surface area contributed by atoms with Crippen molar-refractivity contribution < 1.29 is 14.6 Å². The van der Waals surface area contributed by atoms with E-state index < -0.39 is 5.41 Å². The Morgan fingerprint density at radius 2 is 2.17 bits per heavy atom. The monoisotopic (exact) mass is 249 g/mol. The van der Waals surface area contributed by atoms with Gasteiger partial charge in [0.2, 0.25) is 5.91 Å². The first-order valence-electron chi connectivity index (χ1n) is 6.36. The lowest BCUT2D eigenvalue weighted by Gasteiger charge is -2.38. The maximum atomic E-state index is 12.2. The molecule has 0 spiro atoms. The second-order valence-corrected chi connectivity index (χ2v) is 4.68. The standard InChI is InChI=1S/C14H19NO3/c1-2-18-12-7-4-3-6-11(12)15-13(17)14(10-16)8-5-9-14/h3-4,6-7,16H,2,5,8-10H2,1H3,(H,15,17). The first kappa shape index (κ1) is 12.9. The van der Waals surface area contributed by atoms with E-state index in [4.69, 9.17) is 4.74 Å². The number of benzene rings is 1. The summed E-state index contributed by atoms with van der Waals surface area (Å²) in [6.45, 7) is 2.37. The predicted octanol–water partition coefficient (Wildman–Crippen LogP) is 2.19. The molecule has 0 radical (unpaired) electrons. The number of ether oxygens (including phenoxy) is 1. The Labute approximate surface area is 107 Å². The summed E-state index contributed by atoms with van der Waals surface area (Å²) in [7, 11) is 0. The van der Waals surface area contributed by atoms with Gasteiger partial charge in [0, 0.05) is 0 Å². The number of para-hydroxylation sites is 2. The van der Waals surface area contributed by atoms with E-state index in [-0.39, 0.29) is 12.5 Å². The number of hydrogen-bond acceptors (Lipinski definition) is 3. The second kappa shape index (κ2) is 5.40. The number of carbonyl (C=O) groups is 1. The van der Waals surface area contributed by atoms with Crippen LogP contribution in [0.2, 0.25) is 0 Å². The molecular formula is C14H19NO3. The van der Waals surface area contributed by atoms with Crippen LogP contribution in [0.5, 0.6) is 5.75 Å². The smallest absolute Gasteiger partial charge is 0.233 e. The normalized spacial score (nSPS) is 16.8. The molecule has 1 fully saturated rings. The van der Waals surface area contributed by atoms with Crippen molar-refractivity contribution in [1.29, 1.82) is 0 Å². The van der Waals surface area contributed by atoms with Crippen molar-refractivity contribution in [1.82, 2.24) is 0 Å². The van der Waals surface area contributed by atoms with Crippen LogP contribution in [0.25, 0.3) is 0 Å². The highest BCUT2D eigenvalue weighted by Crippen LogP contribution is 2.41. The maximum absolute atomic E-state index is 12.2. The van der Waals surface area contributed by atoms with E-state index in [1.807, 2.05) is 31.2 Å². The SMILES string of the molecule is CCOc1ccccc1NC(=O)C1(CO)CCC1. The van der Waals surface area contributed by atoms with Crippen LogP contribution in [0.4, 0.5) is 5.69 Å². The highest BCUT2D eigenvalue weighted by Gasteiger charge is 2.43. The number of nitrogens with one attached hydrogen (secondary N) is 1. The van der Waals surface area contributed by atoms with Crippen molar-refractivity contribution in [3.63, 3.8) is 0 Å². The molecular weight excluding hydrogens is 230 g/mol. The van der Waals surface area contributed by atoms with Gasteiger partial charge in [-0.3, -0.25) is 4.79 Å². The fraction of sp³-hybridized carbons (Fsp3) is 0.500. The van der Waals surface area contributed by atoms with Gasteiger partial charge in [-0.2, -0.15) is 0 Å². The topological polar surface area (TPSA) is 58.6 Å². The molecule has 0 heterocycles. The summed E-state index contributed by atoms with van der Waals surface area (Å²) < 4.78 is 5.46. The molecule has 1 aliphatic carbocycles. The average Bonchev–Trinajstić information content (AvgIpc) is 2.31. The number of carbonyl (C=O) groups excluding carboxylic acids is 1. The van der Waals surface area contributed by atoms with Crippen molar-refractivity contribution in [3.8, 4) is 5.75 Å². The first-order chi connectivity index (χ1) is 8.72. The predicted molar refractivity (Wildman–Crippen MR) is 69.6 cm³/mol. The minimum Gasteiger partial charge on any atom is -0.492 e. The van der Waals surface area contributed by atoms with Gasteiger partial charge in [-0.15, -0.1) is 0 Å². The number of aliphatic hydroxyl groups is 1. The molecule has 0 aromatic heterocycles. The van der Waals surface area contributed by atoms with E-state index in [0.717, 1.165) is 19.3 Å². The fourth-order valence-corrected chi connectivity index (χ4v) is 2.17. The lowest BCUT2D eigenvalue weighted by atomic mass is 9.68. The van der Waals surface area contributed by atoms with Gasteiger partial charge in [-0.1, -0.05) is 18.6 Å². The van der Waals surface area contributed by atoms with Crippen LogP contribution in [-0.2, 0) is 4.79 Å². The quantitative estimate of drug-likeness (QED) is 0.841. The lowest BCUT2D eigenvalue weighted by Crippen LogP contribution is -2.44. The lowest BCUT2D eigenvalue weighted by molar-refractivity contribution is -0.133. The summed E-state index contributed by atoms with van der Waals surface area (Å²) in [4.78, 5) is 12.2. The molecule has 0 aliphatic heterocycles. The highest BCUT2D eigenvalue weighted by molar-refractivity contribution is 5.97. The molecule has 1 aromatic rings. The zero-order valence-corrected chi connectivity index (χ0v) is 10.6. The Bertz CT molecular complexity index is 421. The summed E-state index contributed by atoms with van der Waals surface area (Å²) in [6, 6.07) is 7.36. The number of amides is 1. The Kier molecular flexibility index (Phi) is 3.87. The van der Waals surface area contributed by atoms with Crippen LogP contribution in [0.3, 0.4) is 0 Å². The molecule has 0 bridgehead atoms. The number of rotatable bonds is 5. The van der Waals surface area contributed by atoms with Crippen LogP contribution in [0, 0.1) is 5.41 Å². The molecule has 2 N–H and O–H groups in total. The van der Waals surface area contributed by atoms with Gasteiger partial charge in [-0.25, -0.2) is 0 Å². The van der Waals surface area contributed by atoms with Crippen LogP contribution in [-0.4, -0.2) is 24.2 Å². The number of anilines is 1. The van der Waals surface area contributed by atoms with Crippen molar-refractivity contribution in [2.45, 2.75) is 26.2 Å². The van der Waals surface area contributed by atoms with Crippen LogP contribution < -0.4 is 10.1 Å². The summed E-state index contributed by atoms with van der Waals surface area (Å²) in [6.07, 6.45) is 2.51. The number of hydrogen-bond donors (Lipinski definition) is 2. The summed E-state index contributed by atoms with van der Waals surface area (Å²) >= 11 is 0. The zero-order valence-electron chi connectivity index (χ0n) is 10.6. The molecule has 0 atom stereocenters. The molecule has 1 amide bonds. The van der Waals surface area contributed by atoms with Crippen LogP contribution in [0.15, 0.2) is 24.3 Å². The Morgan fingerprint density at radius 1 is 1.44 bits per heavy atom. The van der Waals surface area contributed by atoms with E-state index in [1.54, 1.807) is 0 Å². The molecule has 4 heteroatoms. The van der Waals surface area contributed by atoms with E-state index in [1.165, 1.54) is 0 Å². The average molecular weight is 249 g/mol. The number of aliphatic hydroxyl groups excluding tert-OH is 1. The Morgan fingerprint density at radius 3 is 2.72 bits per heavy atom. The largest absolute Gasteiger partial charge is 0.492 e. The second-order valence-electron chi connectivity index (χ2n) is 4.68. The van der Waals surface area contributed by atoms with E-state index in [9.17, 15) is 9.90 Å². The highest BCUT2D eigenvalue weighted by atomic mass is 16.5. The molecule has 0 saturated heterocycles. The minimum absolute atomic E-state index is 0.0877. The van der Waals surface area contributed by atoms with E-state index >= 15 is 0 Å². The molecule has 18 heavy (non-hydrogen) atoms. The van der Waals surface area contributed by atoms with Gasteiger partial charge in [0.1, 0.15) is 5.75 Å². The van der Waals surface area contributed by atoms with Crippen LogP contribution in [0.1, 0.15) is 26.2 Å². The van der Waals surface area contributed by atoms with Crippen LogP contribution >= 0.6 is 0 Å². The third-order valence-corrected chi connectivity index (χ3v) is 3.53. The van der Waals surface area contributed by atoms with E-state index in [2.05, 4.69) is 5.32 Å². The fourth-order valence-electron chi connectivity index (χ4n) is 2.17. The van der Waals surface area contributed by atoms with Crippen molar-refractivity contribution in [3.05, 3.63) is 24.3 Å². The van der Waals surface area contributed by atoms with Crippen molar-refractivity contribution in [2.24, 2.45) is 5.41 Å². The molecule has 1 aromatic carbocycles. The van der Waals surface area contributed by atoms with Gasteiger partial charge >= 0.3 is 0 Å². The third kappa shape index (κ3) is 2.34. The van der Waals surface area contributed by atoms with Crippen molar-refractivity contribution >= 4 is 11.6 Å². The van der Waals surface area contributed by atoms with Crippen molar-refractivity contribution in [2.75, 3.05) is 18.5 Å². The molecule has 1 aliphatic rings. The molecule has 0 unspecified atom stereocenters. The molecule has 4 nitrogen and oxygen atoms in total. The summed E-state index contributed by atoms with van der Waals surface area (Å²) in [5.41, 5.74) is 0.0864. The summed E-state index contributed by atoms with van der Waals surface area (Å²) in [5.74, 6) is 0.559. The van der Waals surface area contributed by atoms with Gasteiger partial charge < -0.3 is 15.2 Å². The van der Waals surface area contributed by atoms with Gasteiger partial charge in [0.05, 0.1) is 24.3 Å². The first-order valence-corrected chi connectivity index (χ1v) is 6.36. The Hall–Kier alpha value is -1.55. The Balaban J connectivity index is 2.11. The maximum Gasteiger partial charge on any atom is 0.233 e. The zero-order chi connectivity index (χ0) is 13.0. The van der Waals surface area contributed by atoms with Gasteiger partial charge in [0.25, 0.3) is 0 Å². The summed E-state index contributed by atoms with van der Waals surface area (Å²) in [5, 5.41) is 12.2. The molecule has 98 valence electrons. The molecule has 1 saturated carbocycles.